The summed E-state index contributed by atoms with van der Waals surface area (Å²) in [6.07, 6.45) is 3.33. The van der Waals surface area contributed by atoms with Crippen molar-refractivity contribution in [3.63, 3.8) is 0 Å². The number of nitrogens with one attached hydrogen (secondary N) is 3. The second-order valence-electron chi connectivity index (χ2n) is 5.80. The van der Waals surface area contributed by atoms with Crippen molar-refractivity contribution in [3.05, 3.63) is 24.3 Å². The Morgan fingerprint density at radius 2 is 2.00 bits per heavy atom. The standard InChI is InChI=1S/C17H27N3O2/c1-3-11-20-12-9-14(10-13-20)18-17(21)19-15-7-5-6-8-16(15)22-4-2/h5-8,14H,3-4,9-13H2,1-2H3,(H2,18,19,21)/p+1. The third kappa shape index (κ3) is 4.91. The molecule has 0 spiro atoms. The normalized spacial score (nSPS) is 21.2. The highest BCUT2D eigenvalue weighted by molar-refractivity contribution is 5.91. The smallest absolute Gasteiger partial charge is 0.319 e. The van der Waals surface area contributed by atoms with Gasteiger partial charge in [-0.3, -0.25) is 0 Å². The third-order valence-corrected chi connectivity index (χ3v) is 4.07. The van der Waals surface area contributed by atoms with Crippen LogP contribution in [0.4, 0.5) is 10.5 Å². The number of hydrogen-bond donors (Lipinski definition) is 3. The number of quaternary nitrogens is 1. The molecule has 0 aliphatic carbocycles. The van der Waals surface area contributed by atoms with Gasteiger partial charge in [-0.2, -0.15) is 0 Å². The molecular formula is C17H28N3O2+. The molecule has 1 aromatic carbocycles. The van der Waals surface area contributed by atoms with Crippen LogP contribution in [0.25, 0.3) is 0 Å². The first-order valence-corrected chi connectivity index (χ1v) is 8.35. The van der Waals surface area contributed by atoms with E-state index in [1.807, 2.05) is 31.2 Å². The summed E-state index contributed by atoms with van der Waals surface area (Å²) in [5, 5.41) is 5.98. The van der Waals surface area contributed by atoms with Gasteiger partial charge in [0.25, 0.3) is 0 Å². The summed E-state index contributed by atoms with van der Waals surface area (Å²) >= 11 is 0. The molecule has 0 atom stereocenters. The van der Waals surface area contributed by atoms with Gasteiger partial charge in [0.2, 0.25) is 0 Å². The Kier molecular flexibility index (Phi) is 6.52. The number of anilines is 1. The lowest BCUT2D eigenvalue weighted by atomic mass is 10.1. The van der Waals surface area contributed by atoms with E-state index >= 15 is 0 Å². The fourth-order valence-corrected chi connectivity index (χ4v) is 2.97. The molecule has 0 saturated carbocycles. The van der Waals surface area contributed by atoms with Gasteiger partial charge in [0.1, 0.15) is 5.75 Å². The molecule has 2 rings (SSSR count). The number of hydrogen-bond acceptors (Lipinski definition) is 2. The van der Waals surface area contributed by atoms with Crippen LogP contribution in [0.5, 0.6) is 5.75 Å². The van der Waals surface area contributed by atoms with Gasteiger partial charge in [-0.15, -0.1) is 0 Å². The van der Waals surface area contributed by atoms with Crippen LogP contribution in [0.15, 0.2) is 24.3 Å². The average molecular weight is 306 g/mol. The van der Waals surface area contributed by atoms with Crippen LogP contribution in [0.3, 0.4) is 0 Å². The zero-order valence-corrected chi connectivity index (χ0v) is 13.7. The second-order valence-corrected chi connectivity index (χ2v) is 5.80. The van der Waals surface area contributed by atoms with E-state index < -0.39 is 0 Å². The Morgan fingerprint density at radius 1 is 1.27 bits per heavy atom. The van der Waals surface area contributed by atoms with Crippen LogP contribution < -0.4 is 20.3 Å². The Morgan fingerprint density at radius 3 is 2.68 bits per heavy atom. The minimum absolute atomic E-state index is 0.143. The topological polar surface area (TPSA) is 54.8 Å². The number of urea groups is 1. The Hall–Kier alpha value is -1.75. The number of amides is 2. The monoisotopic (exact) mass is 306 g/mol. The number of piperidine rings is 1. The molecule has 1 aliphatic heterocycles. The van der Waals surface area contributed by atoms with E-state index in [1.165, 1.54) is 13.0 Å². The quantitative estimate of drug-likeness (QED) is 0.749. The highest BCUT2D eigenvalue weighted by Gasteiger charge is 2.22. The van der Waals surface area contributed by atoms with Crippen molar-refractivity contribution in [1.82, 2.24) is 5.32 Å². The summed E-state index contributed by atoms with van der Waals surface area (Å²) in [6, 6.07) is 7.66. The van der Waals surface area contributed by atoms with Crippen molar-refractivity contribution in [3.8, 4) is 5.75 Å². The van der Waals surface area contributed by atoms with Gasteiger partial charge < -0.3 is 20.3 Å². The SMILES string of the molecule is CCC[NH+]1CCC(NC(=O)Nc2ccccc2OCC)CC1. The molecule has 122 valence electrons. The van der Waals surface area contributed by atoms with Crippen molar-refractivity contribution in [2.24, 2.45) is 0 Å². The number of ether oxygens (including phenoxy) is 1. The zero-order valence-electron chi connectivity index (χ0n) is 13.7. The first-order chi connectivity index (χ1) is 10.7. The number of carbonyl (C=O) groups is 1. The van der Waals surface area contributed by atoms with Crippen molar-refractivity contribution >= 4 is 11.7 Å². The van der Waals surface area contributed by atoms with Crippen molar-refractivity contribution < 1.29 is 14.4 Å². The van der Waals surface area contributed by atoms with Gasteiger partial charge in [-0.25, -0.2) is 4.79 Å². The number of carbonyl (C=O) groups excluding carboxylic acids is 1. The number of rotatable bonds is 6. The van der Waals surface area contributed by atoms with E-state index in [0.29, 0.717) is 12.4 Å². The molecule has 0 bridgehead atoms. The highest BCUT2D eigenvalue weighted by atomic mass is 16.5. The molecule has 0 radical (unpaired) electrons. The van der Waals surface area contributed by atoms with E-state index in [2.05, 4.69) is 17.6 Å². The van der Waals surface area contributed by atoms with Crippen molar-refractivity contribution in [2.75, 3.05) is 31.6 Å². The van der Waals surface area contributed by atoms with Crippen molar-refractivity contribution in [1.29, 1.82) is 0 Å². The maximum Gasteiger partial charge on any atom is 0.319 e. The Labute approximate surface area is 133 Å². The molecule has 22 heavy (non-hydrogen) atoms. The molecule has 5 nitrogen and oxygen atoms in total. The highest BCUT2D eigenvalue weighted by Crippen LogP contribution is 2.23. The van der Waals surface area contributed by atoms with E-state index in [4.69, 9.17) is 4.74 Å². The number of benzene rings is 1. The second kappa shape index (κ2) is 8.63. The molecule has 0 unspecified atom stereocenters. The van der Waals surface area contributed by atoms with Gasteiger partial charge in [0, 0.05) is 18.9 Å². The van der Waals surface area contributed by atoms with E-state index in [9.17, 15) is 4.79 Å². The van der Waals surface area contributed by atoms with E-state index in [0.717, 1.165) is 31.6 Å². The Bertz CT molecular complexity index is 471. The molecule has 1 aliphatic rings. The zero-order chi connectivity index (χ0) is 15.8. The molecule has 1 heterocycles. The largest absolute Gasteiger partial charge is 0.492 e. The summed E-state index contributed by atoms with van der Waals surface area (Å²) < 4.78 is 5.52. The van der Waals surface area contributed by atoms with Crippen LogP contribution in [-0.4, -0.2) is 38.3 Å². The molecule has 1 fully saturated rings. The molecule has 1 aromatic rings. The maximum atomic E-state index is 12.2. The summed E-state index contributed by atoms with van der Waals surface area (Å²) in [5.41, 5.74) is 0.718. The lowest BCUT2D eigenvalue weighted by molar-refractivity contribution is -0.905. The number of likely N-dealkylation sites (tertiary alicyclic amines) is 1. The lowest BCUT2D eigenvalue weighted by Crippen LogP contribution is -3.13. The maximum absolute atomic E-state index is 12.2. The predicted octanol–water partition coefficient (Wildman–Crippen LogP) is 1.66. The minimum Gasteiger partial charge on any atom is -0.492 e. The predicted molar refractivity (Wildman–Crippen MR) is 88.6 cm³/mol. The molecular weight excluding hydrogens is 278 g/mol. The molecule has 0 aromatic heterocycles. The summed E-state index contributed by atoms with van der Waals surface area (Å²) in [6.45, 7) is 8.27. The minimum atomic E-state index is -0.143. The molecule has 1 saturated heterocycles. The molecule has 2 amide bonds. The fraction of sp³-hybridized carbons (Fsp3) is 0.588. The first-order valence-electron chi connectivity index (χ1n) is 8.35. The Balaban J connectivity index is 1.81. The molecule has 5 heteroatoms. The average Bonchev–Trinajstić information content (AvgIpc) is 2.52. The molecule has 3 N–H and O–H groups in total. The van der Waals surface area contributed by atoms with Crippen LogP contribution >= 0.6 is 0 Å². The van der Waals surface area contributed by atoms with E-state index in [1.54, 1.807) is 4.90 Å². The van der Waals surface area contributed by atoms with Crippen LogP contribution in [0.1, 0.15) is 33.1 Å². The fourth-order valence-electron chi connectivity index (χ4n) is 2.97. The lowest BCUT2D eigenvalue weighted by Gasteiger charge is -2.29. The number of para-hydroxylation sites is 2. The van der Waals surface area contributed by atoms with Gasteiger partial charge in [-0.05, 0) is 25.5 Å². The van der Waals surface area contributed by atoms with Gasteiger partial charge in [-0.1, -0.05) is 19.1 Å². The summed E-state index contributed by atoms with van der Waals surface area (Å²) in [4.78, 5) is 13.8. The van der Waals surface area contributed by atoms with Crippen LogP contribution in [0.2, 0.25) is 0 Å². The van der Waals surface area contributed by atoms with Crippen LogP contribution in [0, 0.1) is 0 Å². The van der Waals surface area contributed by atoms with Gasteiger partial charge >= 0.3 is 6.03 Å². The summed E-state index contributed by atoms with van der Waals surface area (Å²) in [5.74, 6) is 0.711. The van der Waals surface area contributed by atoms with Crippen molar-refractivity contribution in [2.45, 2.75) is 39.2 Å². The summed E-state index contributed by atoms with van der Waals surface area (Å²) in [7, 11) is 0. The third-order valence-electron chi connectivity index (χ3n) is 4.07. The van der Waals surface area contributed by atoms with Gasteiger partial charge in [0.05, 0.1) is 31.9 Å². The first kappa shape index (κ1) is 16.6. The van der Waals surface area contributed by atoms with E-state index in [-0.39, 0.29) is 12.1 Å². The van der Waals surface area contributed by atoms with Gasteiger partial charge in [0.15, 0.2) is 0 Å². The van der Waals surface area contributed by atoms with Crippen LogP contribution in [-0.2, 0) is 0 Å².